The molecule has 3 aromatic rings. The summed E-state index contributed by atoms with van der Waals surface area (Å²) in [5, 5.41) is 14.9. The van der Waals surface area contributed by atoms with Crippen molar-refractivity contribution in [3.63, 3.8) is 0 Å². The van der Waals surface area contributed by atoms with Crippen LogP contribution in [0.25, 0.3) is 11.3 Å². The van der Waals surface area contributed by atoms with Crippen molar-refractivity contribution in [3.05, 3.63) is 70.0 Å². The van der Waals surface area contributed by atoms with Crippen molar-refractivity contribution >= 4 is 28.8 Å². The Morgan fingerprint density at radius 2 is 2.21 bits per heavy atom. The molecule has 0 unspecified atom stereocenters. The third-order valence-electron chi connectivity index (χ3n) is 6.69. The van der Waals surface area contributed by atoms with E-state index in [0.717, 1.165) is 46.6 Å². The Kier molecular flexibility index (Phi) is 6.45. The predicted octanol–water partition coefficient (Wildman–Crippen LogP) is 3.11. The summed E-state index contributed by atoms with van der Waals surface area (Å²) in [5.74, 6) is -0.00321. The number of carbonyl (C=O) groups is 2. The number of amides is 2. The van der Waals surface area contributed by atoms with E-state index < -0.39 is 0 Å². The summed E-state index contributed by atoms with van der Waals surface area (Å²) in [4.78, 5) is 33.6. The van der Waals surface area contributed by atoms with Gasteiger partial charge in [-0.1, -0.05) is 30.3 Å². The molecule has 0 bridgehead atoms. The first-order valence-electron chi connectivity index (χ1n) is 11.5. The summed E-state index contributed by atoms with van der Waals surface area (Å²) in [7, 11) is 1.85. The maximum Gasteiger partial charge on any atom is 0.228 e. The van der Waals surface area contributed by atoms with Crippen LogP contribution in [-0.4, -0.2) is 64.5 Å². The number of nitrogens with zero attached hydrogens (tertiary/aromatic N) is 3. The lowest BCUT2D eigenvalue weighted by Gasteiger charge is -2.32. The third kappa shape index (κ3) is 4.89. The van der Waals surface area contributed by atoms with E-state index in [0.29, 0.717) is 19.5 Å². The number of β-amino-alcohol motifs (C(OH)–C–C–N with tert-alkyl or cyclic N) is 1. The van der Waals surface area contributed by atoms with Gasteiger partial charge >= 0.3 is 0 Å². The van der Waals surface area contributed by atoms with Crippen molar-refractivity contribution in [3.8, 4) is 11.3 Å². The lowest BCUT2D eigenvalue weighted by molar-refractivity contribution is -0.131. The number of hydrogen-bond donors (Lipinski definition) is 2. The van der Waals surface area contributed by atoms with Gasteiger partial charge in [0.15, 0.2) is 0 Å². The minimum atomic E-state index is -0.315. The minimum absolute atomic E-state index is 0.00748. The van der Waals surface area contributed by atoms with Gasteiger partial charge in [-0.15, -0.1) is 11.3 Å². The molecule has 3 heterocycles. The highest BCUT2D eigenvalue weighted by Crippen LogP contribution is 2.29. The molecule has 2 atom stereocenters. The van der Waals surface area contributed by atoms with E-state index in [1.54, 1.807) is 11.3 Å². The van der Waals surface area contributed by atoms with E-state index >= 15 is 0 Å². The monoisotopic (exact) mass is 476 g/mol. The van der Waals surface area contributed by atoms with Gasteiger partial charge in [0.2, 0.25) is 11.8 Å². The smallest absolute Gasteiger partial charge is 0.228 e. The number of aromatic nitrogens is 1. The lowest BCUT2D eigenvalue weighted by Crippen LogP contribution is -2.39. The zero-order valence-electron chi connectivity index (χ0n) is 19.1. The summed E-state index contributed by atoms with van der Waals surface area (Å²) in [5.41, 5.74) is 7.47. The number of likely N-dealkylation sites (tertiary alicyclic amines) is 1. The fourth-order valence-corrected chi connectivity index (χ4v) is 5.34. The van der Waals surface area contributed by atoms with E-state index in [9.17, 15) is 14.7 Å². The zero-order chi connectivity index (χ0) is 23.7. The molecule has 0 spiro atoms. The van der Waals surface area contributed by atoms with E-state index in [4.69, 9.17) is 0 Å². The Morgan fingerprint density at radius 1 is 1.32 bits per heavy atom. The van der Waals surface area contributed by atoms with Crippen molar-refractivity contribution in [1.82, 2.24) is 14.8 Å². The molecule has 1 fully saturated rings. The fraction of sp³-hybridized carbons (Fsp3) is 0.346. The number of thiazole rings is 1. The van der Waals surface area contributed by atoms with Gasteiger partial charge in [-0.3, -0.25) is 14.5 Å². The summed E-state index contributed by atoms with van der Waals surface area (Å²) in [6.07, 6.45) is 1.08. The molecule has 34 heavy (non-hydrogen) atoms. The Morgan fingerprint density at radius 3 is 2.97 bits per heavy atom. The first-order valence-corrected chi connectivity index (χ1v) is 12.5. The molecule has 1 saturated heterocycles. The van der Waals surface area contributed by atoms with Crippen LogP contribution in [-0.2, 0) is 22.4 Å². The van der Waals surface area contributed by atoms with Gasteiger partial charge in [0.05, 0.1) is 36.2 Å². The Balaban J connectivity index is 1.38. The van der Waals surface area contributed by atoms with Crippen LogP contribution in [0.1, 0.15) is 29.2 Å². The molecule has 2 amide bonds. The van der Waals surface area contributed by atoms with Gasteiger partial charge in [-0.05, 0) is 35.2 Å². The Labute approximate surface area is 203 Å². The second kappa shape index (κ2) is 9.66. The average molecular weight is 477 g/mol. The highest BCUT2D eigenvalue weighted by Gasteiger charge is 2.29. The van der Waals surface area contributed by atoms with E-state index in [-0.39, 0.29) is 30.4 Å². The Hall–Kier alpha value is -3.07. The number of hydrogen-bond acceptors (Lipinski definition) is 6. The highest BCUT2D eigenvalue weighted by atomic mass is 32.1. The molecule has 176 valence electrons. The highest BCUT2D eigenvalue weighted by molar-refractivity contribution is 7.07. The van der Waals surface area contributed by atoms with Crippen molar-refractivity contribution in [1.29, 1.82) is 0 Å². The Bertz CT molecular complexity index is 1200. The molecular weight excluding hydrogens is 448 g/mol. The quantitative estimate of drug-likeness (QED) is 0.547. The first-order chi connectivity index (χ1) is 16.5. The fourth-order valence-electron chi connectivity index (χ4n) is 4.78. The van der Waals surface area contributed by atoms with Crippen LogP contribution in [0.5, 0.6) is 0 Å². The van der Waals surface area contributed by atoms with Crippen LogP contribution in [0.2, 0.25) is 0 Å². The number of aliphatic hydroxyl groups excluding tert-OH is 1. The molecule has 5 rings (SSSR count). The summed E-state index contributed by atoms with van der Waals surface area (Å²) in [6, 6.07) is 13.8. The van der Waals surface area contributed by atoms with Crippen LogP contribution >= 0.6 is 11.3 Å². The summed E-state index contributed by atoms with van der Waals surface area (Å²) >= 11 is 1.56. The van der Waals surface area contributed by atoms with Crippen LogP contribution in [0.15, 0.2) is 53.4 Å². The molecule has 2 aromatic carbocycles. The molecule has 1 aromatic heterocycles. The number of fused-ring (bicyclic) bond motifs is 1. The SMILES string of the molecule is CN(C(=O)Cc1ccc2c(c1)NC(=O)C2)[C@H](CN1CC[C@H](O)C1)c1cccc(-c2cscn2)c1. The zero-order valence-corrected chi connectivity index (χ0v) is 19.9. The number of aliphatic hydroxyl groups is 1. The van der Waals surface area contributed by atoms with Crippen LogP contribution in [0.4, 0.5) is 5.69 Å². The molecule has 2 N–H and O–H groups in total. The lowest BCUT2D eigenvalue weighted by atomic mass is 10.00. The van der Waals surface area contributed by atoms with E-state index in [1.165, 1.54) is 0 Å². The minimum Gasteiger partial charge on any atom is -0.392 e. The van der Waals surface area contributed by atoms with Crippen LogP contribution in [0.3, 0.4) is 0 Å². The molecule has 0 saturated carbocycles. The number of likely N-dealkylation sites (N-methyl/N-ethyl adjacent to an activating group) is 1. The summed E-state index contributed by atoms with van der Waals surface area (Å²) in [6.45, 7) is 2.09. The standard InChI is InChI=1S/C26H28N4O3S/c1-29(26(33)10-17-5-6-19-12-25(32)28-22(19)9-17)24(14-30-8-7-21(31)13-30)20-4-2-3-18(11-20)23-15-34-16-27-23/h2-6,9,11,15-16,21,24,31H,7-8,10,12-14H2,1H3,(H,28,32)/t21-,24+/m0/s1. The van der Waals surface area contributed by atoms with Gasteiger partial charge in [0.25, 0.3) is 0 Å². The number of benzene rings is 2. The number of carbonyl (C=O) groups excluding carboxylic acids is 2. The molecule has 2 aliphatic heterocycles. The second-order valence-corrected chi connectivity index (χ2v) is 9.83. The van der Waals surface area contributed by atoms with E-state index in [1.807, 2.05) is 53.2 Å². The van der Waals surface area contributed by atoms with Crippen molar-refractivity contribution < 1.29 is 14.7 Å². The van der Waals surface area contributed by atoms with Crippen molar-refractivity contribution in [2.24, 2.45) is 0 Å². The van der Waals surface area contributed by atoms with Gasteiger partial charge in [0, 0.05) is 43.3 Å². The predicted molar refractivity (Wildman–Crippen MR) is 133 cm³/mol. The number of nitrogens with one attached hydrogen (secondary N) is 1. The third-order valence-corrected chi connectivity index (χ3v) is 7.28. The molecule has 7 nitrogen and oxygen atoms in total. The van der Waals surface area contributed by atoms with Crippen molar-refractivity contribution in [2.45, 2.75) is 31.4 Å². The van der Waals surface area contributed by atoms with Crippen molar-refractivity contribution in [2.75, 3.05) is 32.0 Å². The normalized spacial score (nSPS) is 18.5. The van der Waals surface area contributed by atoms with Gasteiger partial charge in [-0.2, -0.15) is 0 Å². The van der Waals surface area contributed by atoms with Gasteiger partial charge < -0.3 is 15.3 Å². The topological polar surface area (TPSA) is 85.8 Å². The molecule has 0 radical (unpaired) electrons. The van der Waals surface area contributed by atoms with Gasteiger partial charge in [-0.25, -0.2) is 4.98 Å². The molecule has 2 aliphatic rings. The largest absolute Gasteiger partial charge is 0.392 e. The molecule has 8 heteroatoms. The second-order valence-electron chi connectivity index (χ2n) is 9.11. The van der Waals surface area contributed by atoms with E-state index in [2.05, 4.69) is 27.3 Å². The summed E-state index contributed by atoms with van der Waals surface area (Å²) < 4.78 is 0. The van der Waals surface area contributed by atoms with Crippen LogP contribution < -0.4 is 5.32 Å². The number of anilines is 1. The average Bonchev–Trinajstić information content (AvgIpc) is 3.57. The van der Waals surface area contributed by atoms with Gasteiger partial charge in [0.1, 0.15) is 0 Å². The van der Waals surface area contributed by atoms with Crippen LogP contribution in [0, 0.1) is 0 Å². The molecule has 0 aliphatic carbocycles. The maximum absolute atomic E-state index is 13.4. The first kappa shape index (κ1) is 22.7. The number of rotatable bonds is 7. The maximum atomic E-state index is 13.4. The molecular formula is C26H28N4O3S.